The number of carbonyl (C=O) groups excluding carboxylic acids is 1. The molecule has 0 spiro atoms. The summed E-state index contributed by atoms with van der Waals surface area (Å²) in [6.07, 6.45) is -1.97. The highest BCUT2D eigenvalue weighted by molar-refractivity contribution is 6.17. The van der Waals surface area contributed by atoms with Crippen LogP contribution in [0.4, 0.5) is 8.78 Å². The van der Waals surface area contributed by atoms with Crippen LogP contribution in [0.3, 0.4) is 0 Å². The van der Waals surface area contributed by atoms with E-state index in [1.807, 2.05) is 0 Å². The topological polar surface area (TPSA) is 63.0 Å². The van der Waals surface area contributed by atoms with Crippen LogP contribution in [0.1, 0.15) is 33.6 Å². The van der Waals surface area contributed by atoms with Gasteiger partial charge < -0.3 is 4.74 Å². The Labute approximate surface area is 101 Å². The normalized spacial score (nSPS) is 10.1. The lowest BCUT2D eigenvalue weighted by atomic mass is 10.0. The maximum atomic E-state index is 12.6. The molecule has 0 fully saturated rings. The smallest absolute Gasteiger partial charge is 0.340 e. The number of hydrogen-bond donors (Lipinski definition) is 0. The highest BCUT2D eigenvalue weighted by Crippen LogP contribution is 2.26. The lowest BCUT2D eigenvalue weighted by Crippen LogP contribution is -2.10. The zero-order valence-corrected chi connectivity index (χ0v) is 9.46. The fourth-order valence-electron chi connectivity index (χ4n) is 1.28. The molecule has 0 aliphatic rings. The van der Waals surface area contributed by atoms with E-state index in [4.69, 9.17) is 16.9 Å². The van der Waals surface area contributed by atoms with E-state index < -0.39 is 18.1 Å². The number of alkyl halides is 3. The molecule has 0 N–H and O–H groups in total. The Morgan fingerprint density at radius 1 is 1.71 bits per heavy atom. The van der Waals surface area contributed by atoms with E-state index in [0.717, 1.165) is 13.3 Å². The summed E-state index contributed by atoms with van der Waals surface area (Å²) in [6, 6.07) is 1.67. The second kappa shape index (κ2) is 5.55. The summed E-state index contributed by atoms with van der Waals surface area (Å²) < 4.78 is 29.6. The summed E-state index contributed by atoms with van der Waals surface area (Å²) in [5.74, 6) is -1.15. The molecule has 0 unspecified atom stereocenters. The number of nitriles is 1. The Morgan fingerprint density at radius 3 is 2.76 bits per heavy atom. The van der Waals surface area contributed by atoms with Crippen LogP contribution in [-0.4, -0.2) is 18.1 Å². The SMILES string of the molecule is COC(=O)c1cnc(C(F)F)c(CCl)c1C#N. The number of hydrogen-bond acceptors (Lipinski definition) is 4. The van der Waals surface area contributed by atoms with Crippen molar-refractivity contribution in [3.05, 3.63) is 28.6 Å². The Balaban J connectivity index is 3.50. The van der Waals surface area contributed by atoms with Crippen molar-refractivity contribution in [1.29, 1.82) is 5.26 Å². The van der Waals surface area contributed by atoms with Crippen LogP contribution in [-0.2, 0) is 10.6 Å². The summed E-state index contributed by atoms with van der Waals surface area (Å²) in [7, 11) is 1.12. The number of halogens is 3. The van der Waals surface area contributed by atoms with E-state index in [1.54, 1.807) is 6.07 Å². The summed E-state index contributed by atoms with van der Waals surface area (Å²) in [4.78, 5) is 14.7. The fraction of sp³-hybridized carbons (Fsp3) is 0.300. The molecule has 0 aromatic carbocycles. The Kier molecular flexibility index (Phi) is 4.35. The van der Waals surface area contributed by atoms with Crippen LogP contribution in [0.5, 0.6) is 0 Å². The fourth-order valence-corrected chi connectivity index (χ4v) is 1.55. The van der Waals surface area contributed by atoms with Gasteiger partial charge in [0, 0.05) is 11.8 Å². The van der Waals surface area contributed by atoms with Gasteiger partial charge in [-0.3, -0.25) is 4.98 Å². The molecular weight excluding hydrogens is 254 g/mol. The first-order valence-corrected chi connectivity index (χ1v) is 4.94. The molecular formula is C10H7ClF2N2O2. The van der Waals surface area contributed by atoms with E-state index in [2.05, 4.69) is 9.72 Å². The average Bonchev–Trinajstić information content (AvgIpc) is 2.35. The number of carbonyl (C=O) groups is 1. The van der Waals surface area contributed by atoms with Crippen molar-refractivity contribution in [2.24, 2.45) is 0 Å². The maximum absolute atomic E-state index is 12.6. The van der Waals surface area contributed by atoms with Gasteiger partial charge >= 0.3 is 5.97 Å². The van der Waals surface area contributed by atoms with Crippen LogP contribution in [0, 0.1) is 11.3 Å². The molecule has 7 heteroatoms. The van der Waals surface area contributed by atoms with Crippen LogP contribution in [0.25, 0.3) is 0 Å². The zero-order chi connectivity index (χ0) is 13.0. The number of esters is 1. The van der Waals surface area contributed by atoms with Crippen molar-refractivity contribution in [3.8, 4) is 6.07 Å². The first-order valence-electron chi connectivity index (χ1n) is 4.41. The highest BCUT2D eigenvalue weighted by Gasteiger charge is 2.23. The number of nitrogens with zero attached hydrogens (tertiary/aromatic N) is 2. The minimum Gasteiger partial charge on any atom is -0.465 e. The predicted octanol–water partition coefficient (Wildman–Crippen LogP) is 2.42. The Bertz CT molecular complexity index is 486. The molecule has 0 amide bonds. The lowest BCUT2D eigenvalue weighted by molar-refractivity contribution is 0.0599. The molecule has 0 aliphatic heterocycles. The second-order valence-corrected chi connectivity index (χ2v) is 3.22. The molecule has 4 nitrogen and oxygen atoms in total. The molecule has 1 aromatic heterocycles. The minimum absolute atomic E-state index is 0.146. The summed E-state index contributed by atoms with van der Waals surface area (Å²) in [5.41, 5.74) is -1.14. The van der Waals surface area contributed by atoms with Crippen LogP contribution >= 0.6 is 11.6 Å². The molecule has 1 aromatic rings. The number of methoxy groups -OCH3 is 1. The summed E-state index contributed by atoms with van der Waals surface area (Å²) in [6.45, 7) is 0. The second-order valence-electron chi connectivity index (χ2n) is 2.95. The molecule has 0 bridgehead atoms. The van der Waals surface area contributed by atoms with Gasteiger partial charge in [0.05, 0.1) is 24.1 Å². The van der Waals surface area contributed by atoms with Crippen molar-refractivity contribution >= 4 is 17.6 Å². The first kappa shape index (κ1) is 13.3. The number of ether oxygens (including phenoxy) is 1. The molecule has 0 aliphatic carbocycles. The molecule has 1 heterocycles. The van der Waals surface area contributed by atoms with Crippen molar-refractivity contribution in [2.75, 3.05) is 7.11 Å². The summed E-state index contributed by atoms with van der Waals surface area (Å²) >= 11 is 5.50. The number of pyridine rings is 1. The maximum Gasteiger partial charge on any atom is 0.340 e. The van der Waals surface area contributed by atoms with Crippen LogP contribution < -0.4 is 0 Å². The molecule has 1 rings (SSSR count). The largest absolute Gasteiger partial charge is 0.465 e. The molecule has 0 saturated heterocycles. The van der Waals surface area contributed by atoms with Gasteiger partial charge in [-0.05, 0) is 0 Å². The molecule has 0 radical (unpaired) electrons. The Hall–Kier alpha value is -1.74. The van der Waals surface area contributed by atoms with Gasteiger partial charge in [-0.2, -0.15) is 5.26 Å². The minimum atomic E-state index is -2.86. The van der Waals surface area contributed by atoms with Gasteiger partial charge in [0.1, 0.15) is 11.8 Å². The van der Waals surface area contributed by atoms with Gasteiger partial charge in [0.25, 0.3) is 6.43 Å². The Morgan fingerprint density at radius 2 is 2.35 bits per heavy atom. The van der Waals surface area contributed by atoms with Crippen molar-refractivity contribution in [3.63, 3.8) is 0 Å². The third-order valence-corrected chi connectivity index (χ3v) is 2.34. The molecule has 0 atom stereocenters. The molecule has 17 heavy (non-hydrogen) atoms. The van der Waals surface area contributed by atoms with Crippen molar-refractivity contribution in [2.45, 2.75) is 12.3 Å². The van der Waals surface area contributed by atoms with E-state index in [9.17, 15) is 13.6 Å². The molecule has 90 valence electrons. The average molecular weight is 261 g/mol. The van der Waals surface area contributed by atoms with E-state index in [1.165, 1.54) is 0 Å². The number of rotatable bonds is 3. The zero-order valence-electron chi connectivity index (χ0n) is 8.71. The van der Waals surface area contributed by atoms with Crippen molar-refractivity contribution < 1.29 is 18.3 Å². The lowest BCUT2D eigenvalue weighted by Gasteiger charge is -2.10. The standard InChI is InChI=1S/C10H7ClF2N2O2/c1-17-10(16)7-4-15-8(9(12)13)5(2-11)6(7)3-14/h4,9H,2H2,1H3. The van der Waals surface area contributed by atoms with Crippen LogP contribution in [0.15, 0.2) is 6.20 Å². The molecule has 0 saturated carbocycles. The highest BCUT2D eigenvalue weighted by atomic mass is 35.5. The van der Waals surface area contributed by atoms with E-state index in [0.29, 0.717) is 0 Å². The predicted molar refractivity (Wildman–Crippen MR) is 54.8 cm³/mol. The monoisotopic (exact) mass is 260 g/mol. The third kappa shape index (κ3) is 2.50. The van der Waals surface area contributed by atoms with Gasteiger partial charge in [-0.25, -0.2) is 13.6 Å². The van der Waals surface area contributed by atoms with Crippen molar-refractivity contribution in [1.82, 2.24) is 4.98 Å². The van der Waals surface area contributed by atoms with Gasteiger partial charge in [-0.1, -0.05) is 0 Å². The first-order chi connectivity index (χ1) is 8.06. The third-order valence-electron chi connectivity index (χ3n) is 2.07. The summed E-state index contributed by atoms with van der Waals surface area (Å²) in [5, 5.41) is 8.89. The quantitative estimate of drug-likeness (QED) is 0.618. The number of aromatic nitrogens is 1. The van der Waals surface area contributed by atoms with Crippen LogP contribution in [0.2, 0.25) is 0 Å². The van der Waals surface area contributed by atoms with E-state index in [-0.39, 0.29) is 22.6 Å². The van der Waals surface area contributed by atoms with Gasteiger partial charge in [0.15, 0.2) is 0 Å². The van der Waals surface area contributed by atoms with Gasteiger partial charge in [-0.15, -0.1) is 11.6 Å². The van der Waals surface area contributed by atoms with Gasteiger partial charge in [0.2, 0.25) is 0 Å². The van der Waals surface area contributed by atoms with E-state index >= 15 is 0 Å².